The quantitative estimate of drug-likeness (QED) is 0.386. The second-order valence-corrected chi connectivity index (χ2v) is 6.73. The van der Waals surface area contributed by atoms with Gasteiger partial charge in [-0.3, -0.25) is 4.79 Å². The van der Waals surface area contributed by atoms with Crippen molar-refractivity contribution in [3.63, 3.8) is 0 Å². The number of anilines is 1. The van der Waals surface area contributed by atoms with Gasteiger partial charge < -0.3 is 25.6 Å². The van der Waals surface area contributed by atoms with Gasteiger partial charge in [0.2, 0.25) is 0 Å². The molecular formula is C20H22ClF3N2O4. The van der Waals surface area contributed by atoms with E-state index in [1.54, 1.807) is 0 Å². The van der Waals surface area contributed by atoms with Gasteiger partial charge in [-0.2, -0.15) is 13.2 Å². The summed E-state index contributed by atoms with van der Waals surface area (Å²) in [4.78, 5) is 11.4. The number of phenolic OH excluding ortho intramolecular Hbond substituents is 1. The Morgan fingerprint density at radius 2 is 1.87 bits per heavy atom. The number of amides is 1. The van der Waals surface area contributed by atoms with Gasteiger partial charge in [0, 0.05) is 12.1 Å². The fourth-order valence-electron chi connectivity index (χ4n) is 3.07. The fourth-order valence-corrected chi connectivity index (χ4v) is 3.07. The molecule has 1 unspecified atom stereocenters. The number of aliphatic hydroxyl groups is 1. The normalized spacial score (nSPS) is 14.2. The van der Waals surface area contributed by atoms with E-state index in [2.05, 4.69) is 10.6 Å². The number of phenols is 1. The van der Waals surface area contributed by atoms with Gasteiger partial charge in [-0.1, -0.05) is 12.1 Å². The van der Waals surface area contributed by atoms with Gasteiger partial charge in [-0.05, 0) is 49.2 Å². The maximum atomic E-state index is 12.6. The molecule has 0 bridgehead atoms. The van der Waals surface area contributed by atoms with Gasteiger partial charge in [0.1, 0.15) is 11.4 Å². The summed E-state index contributed by atoms with van der Waals surface area (Å²) in [6, 6.07) is 7.97. The Morgan fingerprint density at radius 3 is 2.53 bits per heavy atom. The molecule has 0 radical (unpaired) electrons. The van der Waals surface area contributed by atoms with E-state index in [0.717, 1.165) is 17.7 Å². The highest BCUT2D eigenvalue weighted by molar-refractivity contribution is 5.97. The molecule has 6 nitrogen and oxygen atoms in total. The molecule has 0 fully saturated rings. The van der Waals surface area contributed by atoms with Crippen LogP contribution in [0.2, 0.25) is 0 Å². The van der Waals surface area contributed by atoms with Crippen LogP contribution in [-0.2, 0) is 17.4 Å². The highest BCUT2D eigenvalue weighted by atomic mass is 35.5. The van der Waals surface area contributed by atoms with Gasteiger partial charge in [0.15, 0.2) is 12.4 Å². The number of carbonyl (C=O) groups is 1. The minimum atomic E-state index is -4.34. The molecule has 4 N–H and O–H groups in total. The maximum Gasteiger partial charge on any atom is 0.416 e. The molecule has 1 aliphatic heterocycles. The third-order valence-electron chi connectivity index (χ3n) is 4.58. The predicted octanol–water partition coefficient (Wildman–Crippen LogP) is 3.42. The first kappa shape index (κ1) is 23.8. The van der Waals surface area contributed by atoms with Crippen LogP contribution in [0.1, 0.15) is 29.2 Å². The molecule has 164 valence electrons. The van der Waals surface area contributed by atoms with Crippen molar-refractivity contribution in [3.8, 4) is 11.5 Å². The van der Waals surface area contributed by atoms with Crippen molar-refractivity contribution in [3.05, 3.63) is 53.1 Å². The average molecular weight is 447 g/mol. The summed E-state index contributed by atoms with van der Waals surface area (Å²) in [6.07, 6.45) is -3.98. The Balaban J connectivity index is 0.00000320. The van der Waals surface area contributed by atoms with Gasteiger partial charge in [-0.25, -0.2) is 0 Å². The van der Waals surface area contributed by atoms with Gasteiger partial charge in [0.05, 0.1) is 11.7 Å². The van der Waals surface area contributed by atoms with Crippen LogP contribution in [0.5, 0.6) is 11.5 Å². The zero-order valence-corrected chi connectivity index (χ0v) is 16.6. The van der Waals surface area contributed by atoms with Crippen LogP contribution in [0.25, 0.3) is 0 Å². The van der Waals surface area contributed by atoms with E-state index in [-0.39, 0.29) is 48.7 Å². The van der Waals surface area contributed by atoms with Crippen molar-refractivity contribution < 1.29 is 32.9 Å². The summed E-state index contributed by atoms with van der Waals surface area (Å²) in [5.41, 5.74) is 0.711. The fraction of sp³-hybridized carbons (Fsp3) is 0.350. The highest BCUT2D eigenvalue weighted by Crippen LogP contribution is 2.41. The van der Waals surface area contributed by atoms with Crippen molar-refractivity contribution in [1.82, 2.24) is 5.32 Å². The van der Waals surface area contributed by atoms with Crippen LogP contribution >= 0.6 is 12.4 Å². The monoisotopic (exact) mass is 446 g/mol. The Bertz CT molecular complexity index is 876. The van der Waals surface area contributed by atoms with Gasteiger partial charge >= 0.3 is 6.18 Å². The standard InChI is InChI=1S/C20H21F3N2O4.ClH/c21-20(22,23)13-5-3-12(4-6-13)2-1-9-24-10-16(27)14-7-8-15(26)18-19(14)29-11-17(28)25-18;/h3-8,16,24,26-27H,1-2,9-11H2,(H,25,28);1H. The van der Waals surface area contributed by atoms with Crippen LogP contribution < -0.4 is 15.4 Å². The number of fused-ring (bicyclic) bond motifs is 1. The van der Waals surface area contributed by atoms with E-state index in [0.29, 0.717) is 24.9 Å². The number of aromatic hydroxyl groups is 1. The van der Waals surface area contributed by atoms with Crippen molar-refractivity contribution in [2.24, 2.45) is 0 Å². The number of benzene rings is 2. The molecule has 1 amide bonds. The molecule has 2 aromatic rings. The summed E-state index contributed by atoms with van der Waals surface area (Å²) in [6.45, 7) is 0.564. The number of hydrogen-bond donors (Lipinski definition) is 4. The van der Waals surface area contributed by atoms with Crippen molar-refractivity contribution in [2.45, 2.75) is 25.1 Å². The minimum Gasteiger partial charge on any atom is -0.506 e. The SMILES string of the molecule is Cl.O=C1COc2c(C(O)CNCCCc3ccc(C(F)(F)F)cc3)ccc(O)c2N1. The molecule has 2 aromatic carbocycles. The molecule has 3 rings (SSSR count). The lowest BCUT2D eigenvalue weighted by atomic mass is 10.0. The van der Waals surface area contributed by atoms with E-state index in [9.17, 15) is 28.2 Å². The molecule has 10 heteroatoms. The summed E-state index contributed by atoms with van der Waals surface area (Å²) >= 11 is 0. The number of alkyl halides is 3. The highest BCUT2D eigenvalue weighted by Gasteiger charge is 2.30. The molecule has 1 aliphatic rings. The maximum absolute atomic E-state index is 12.6. The summed E-state index contributed by atoms with van der Waals surface area (Å²) in [5, 5.41) is 25.9. The van der Waals surface area contributed by atoms with Crippen molar-refractivity contribution in [1.29, 1.82) is 0 Å². The Morgan fingerprint density at radius 1 is 1.17 bits per heavy atom. The zero-order chi connectivity index (χ0) is 21.0. The summed E-state index contributed by atoms with van der Waals surface area (Å²) < 4.78 is 43.0. The van der Waals surface area contributed by atoms with Crippen molar-refractivity contribution >= 4 is 24.0 Å². The molecule has 1 atom stereocenters. The van der Waals surface area contributed by atoms with Crippen molar-refractivity contribution in [2.75, 3.05) is 25.0 Å². The molecule has 0 spiro atoms. The first-order chi connectivity index (χ1) is 13.8. The Labute approximate surface area is 177 Å². The minimum absolute atomic E-state index is 0. The lowest BCUT2D eigenvalue weighted by molar-refractivity contribution is -0.137. The second kappa shape index (κ2) is 10.0. The molecular weight excluding hydrogens is 425 g/mol. The number of hydrogen-bond acceptors (Lipinski definition) is 5. The van der Waals surface area contributed by atoms with Crippen LogP contribution in [0.15, 0.2) is 36.4 Å². The van der Waals surface area contributed by atoms with E-state index in [1.165, 1.54) is 24.3 Å². The van der Waals surface area contributed by atoms with Crippen LogP contribution in [0.3, 0.4) is 0 Å². The number of aryl methyl sites for hydroxylation is 1. The lowest BCUT2D eigenvalue weighted by Gasteiger charge is -2.23. The Kier molecular flexibility index (Phi) is 7.94. The third-order valence-corrected chi connectivity index (χ3v) is 4.58. The van der Waals surface area contributed by atoms with Crippen LogP contribution in [0, 0.1) is 0 Å². The van der Waals surface area contributed by atoms with Gasteiger partial charge in [-0.15, -0.1) is 12.4 Å². The number of aliphatic hydroxyl groups excluding tert-OH is 1. The molecule has 1 heterocycles. The Hall–Kier alpha value is -2.49. The molecule has 30 heavy (non-hydrogen) atoms. The number of rotatable bonds is 7. The number of halogens is 4. The third kappa shape index (κ3) is 5.78. The zero-order valence-electron chi connectivity index (χ0n) is 15.8. The molecule has 0 saturated heterocycles. The van der Waals surface area contributed by atoms with E-state index in [4.69, 9.17) is 4.74 Å². The van der Waals surface area contributed by atoms with Crippen LogP contribution in [0.4, 0.5) is 18.9 Å². The largest absolute Gasteiger partial charge is 0.506 e. The van der Waals surface area contributed by atoms with Gasteiger partial charge in [0.25, 0.3) is 5.91 Å². The molecule has 0 aromatic heterocycles. The lowest BCUT2D eigenvalue weighted by Crippen LogP contribution is -2.28. The van der Waals surface area contributed by atoms with Crippen LogP contribution in [-0.4, -0.2) is 35.8 Å². The molecule has 0 saturated carbocycles. The molecule has 0 aliphatic carbocycles. The first-order valence-electron chi connectivity index (χ1n) is 9.09. The topological polar surface area (TPSA) is 90.8 Å². The first-order valence-corrected chi connectivity index (χ1v) is 9.09. The number of nitrogens with one attached hydrogen (secondary N) is 2. The predicted molar refractivity (Wildman–Crippen MR) is 107 cm³/mol. The summed E-state index contributed by atoms with van der Waals surface area (Å²) in [7, 11) is 0. The number of ether oxygens (including phenoxy) is 1. The van der Waals surface area contributed by atoms with E-state index >= 15 is 0 Å². The van der Waals surface area contributed by atoms with E-state index in [1.807, 2.05) is 0 Å². The number of carbonyl (C=O) groups excluding carboxylic acids is 1. The smallest absolute Gasteiger partial charge is 0.416 e. The van der Waals surface area contributed by atoms with E-state index < -0.39 is 17.8 Å². The second-order valence-electron chi connectivity index (χ2n) is 6.73. The average Bonchev–Trinajstić information content (AvgIpc) is 2.68. The summed E-state index contributed by atoms with van der Waals surface area (Å²) in [5.74, 6) is -0.294.